The van der Waals surface area contributed by atoms with Crippen LogP contribution in [0, 0.1) is 11.8 Å². The molecule has 220 valence electrons. The standard InChI is InChI=1S/C30H42N2O7S/c1-22(2)20-32(40(35,36)26-12-10-25(37-3)11-13-26)21-28(33)27(18-23-8-5-4-6-9-23)31-29(34)24-14-17-39-30(19-24)15-7-16-38-30/h4-6,8-13,22,24,27-28,33H,7,14-21H2,1-3H3,(H,31,34)/t24-,27-,28+,30+/m0/s1. The summed E-state index contributed by atoms with van der Waals surface area (Å²) in [7, 11) is -2.39. The van der Waals surface area contributed by atoms with Gasteiger partial charge in [-0.25, -0.2) is 8.42 Å². The predicted molar refractivity (Wildman–Crippen MR) is 151 cm³/mol. The first-order valence-electron chi connectivity index (χ1n) is 14.1. The number of carbonyl (C=O) groups excluding carboxylic acids is 1. The molecule has 40 heavy (non-hydrogen) atoms. The summed E-state index contributed by atoms with van der Waals surface area (Å²) in [6, 6.07) is 15.1. The fourth-order valence-electron chi connectivity index (χ4n) is 5.46. The molecular weight excluding hydrogens is 532 g/mol. The molecule has 2 aliphatic rings. The number of nitrogens with zero attached hydrogens (tertiary/aromatic N) is 1. The van der Waals surface area contributed by atoms with Crippen LogP contribution in [0.15, 0.2) is 59.5 Å². The molecule has 0 unspecified atom stereocenters. The van der Waals surface area contributed by atoms with E-state index in [-0.39, 0.29) is 35.7 Å². The average Bonchev–Trinajstić information content (AvgIpc) is 3.39. The summed E-state index contributed by atoms with van der Waals surface area (Å²) >= 11 is 0. The predicted octanol–water partition coefficient (Wildman–Crippen LogP) is 3.36. The van der Waals surface area contributed by atoms with Gasteiger partial charge in [0.15, 0.2) is 5.79 Å². The zero-order chi connectivity index (χ0) is 28.8. The van der Waals surface area contributed by atoms with E-state index in [2.05, 4.69) is 5.32 Å². The number of sulfonamides is 1. The van der Waals surface area contributed by atoms with Gasteiger partial charge in [-0.2, -0.15) is 4.31 Å². The van der Waals surface area contributed by atoms with Crippen LogP contribution in [0.2, 0.25) is 0 Å². The zero-order valence-corrected chi connectivity index (χ0v) is 24.4. The number of hydrogen-bond acceptors (Lipinski definition) is 7. The highest BCUT2D eigenvalue weighted by atomic mass is 32.2. The van der Waals surface area contributed by atoms with E-state index >= 15 is 0 Å². The van der Waals surface area contributed by atoms with Crippen molar-refractivity contribution in [2.45, 2.75) is 68.8 Å². The lowest BCUT2D eigenvalue weighted by atomic mass is 9.90. The Balaban J connectivity index is 1.54. The van der Waals surface area contributed by atoms with Crippen molar-refractivity contribution in [3.05, 3.63) is 60.2 Å². The number of aliphatic hydroxyl groups excluding tert-OH is 1. The Morgan fingerprint density at radius 2 is 1.80 bits per heavy atom. The van der Waals surface area contributed by atoms with Gasteiger partial charge in [-0.1, -0.05) is 44.2 Å². The molecule has 1 spiro atoms. The molecule has 0 bridgehead atoms. The first-order valence-corrected chi connectivity index (χ1v) is 15.5. The van der Waals surface area contributed by atoms with Crippen LogP contribution >= 0.6 is 0 Å². The van der Waals surface area contributed by atoms with E-state index in [1.165, 1.54) is 23.5 Å². The maximum absolute atomic E-state index is 13.7. The van der Waals surface area contributed by atoms with Crippen LogP contribution in [0.25, 0.3) is 0 Å². The Hall–Kier alpha value is -2.50. The molecule has 1 amide bonds. The second kappa shape index (κ2) is 13.4. The highest BCUT2D eigenvalue weighted by molar-refractivity contribution is 7.89. The van der Waals surface area contributed by atoms with E-state index < -0.39 is 28.0 Å². The third-order valence-corrected chi connectivity index (χ3v) is 9.42. The highest BCUT2D eigenvalue weighted by Crippen LogP contribution is 2.38. The molecule has 9 nitrogen and oxygen atoms in total. The van der Waals surface area contributed by atoms with E-state index in [0.29, 0.717) is 38.2 Å². The molecule has 10 heteroatoms. The van der Waals surface area contributed by atoms with Crippen molar-refractivity contribution < 1.29 is 32.5 Å². The van der Waals surface area contributed by atoms with Gasteiger partial charge in [0, 0.05) is 31.8 Å². The van der Waals surface area contributed by atoms with Crippen LogP contribution < -0.4 is 10.1 Å². The Labute approximate surface area is 237 Å². The van der Waals surface area contributed by atoms with Gasteiger partial charge in [-0.15, -0.1) is 0 Å². The third-order valence-electron chi connectivity index (χ3n) is 7.57. The van der Waals surface area contributed by atoms with Crippen LogP contribution in [0.5, 0.6) is 5.75 Å². The van der Waals surface area contributed by atoms with Crippen molar-refractivity contribution in [2.24, 2.45) is 11.8 Å². The number of methoxy groups -OCH3 is 1. The normalized spacial score (nSPS) is 22.9. The van der Waals surface area contributed by atoms with Gasteiger partial charge in [0.2, 0.25) is 15.9 Å². The molecule has 4 atom stereocenters. The molecular formula is C30H42N2O7S. The lowest BCUT2D eigenvalue weighted by Crippen LogP contribution is -2.53. The number of nitrogens with one attached hydrogen (secondary N) is 1. The number of benzene rings is 2. The molecule has 2 saturated heterocycles. The summed E-state index contributed by atoms with van der Waals surface area (Å²) in [5.41, 5.74) is 0.933. The fraction of sp³-hybridized carbons (Fsp3) is 0.567. The molecule has 0 aromatic heterocycles. The Kier molecular flexibility index (Phi) is 10.2. The number of carbonyl (C=O) groups is 1. The van der Waals surface area contributed by atoms with Crippen molar-refractivity contribution in [3.63, 3.8) is 0 Å². The lowest BCUT2D eigenvalue weighted by Gasteiger charge is -2.37. The summed E-state index contributed by atoms with van der Waals surface area (Å²) in [4.78, 5) is 13.6. The van der Waals surface area contributed by atoms with Crippen molar-refractivity contribution in [1.29, 1.82) is 0 Å². The van der Waals surface area contributed by atoms with Gasteiger partial charge >= 0.3 is 0 Å². The van der Waals surface area contributed by atoms with E-state index in [9.17, 15) is 18.3 Å². The van der Waals surface area contributed by atoms with E-state index in [4.69, 9.17) is 14.2 Å². The van der Waals surface area contributed by atoms with Crippen LogP contribution in [-0.4, -0.2) is 75.1 Å². The lowest BCUT2D eigenvalue weighted by molar-refractivity contribution is -0.239. The third kappa shape index (κ3) is 7.61. The monoisotopic (exact) mass is 574 g/mol. The van der Waals surface area contributed by atoms with Gasteiger partial charge in [0.25, 0.3) is 0 Å². The average molecular weight is 575 g/mol. The fourth-order valence-corrected chi connectivity index (χ4v) is 7.08. The van der Waals surface area contributed by atoms with E-state index in [1.54, 1.807) is 12.1 Å². The number of hydrogen-bond donors (Lipinski definition) is 2. The van der Waals surface area contributed by atoms with Crippen molar-refractivity contribution in [1.82, 2.24) is 9.62 Å². The Bertz CT molecular complexity index is 1200. The van der Waals surface area contributed by atoms with Gasteiger partial charge < -0.3 is 24.6 Å². The summed E-state index contributed by atoms with van der Waals surface area (Å²) in [6.45, 7) is 4.98. The van der Waals surface area contributed by atoms with Crippen molar-refractivity contribution in [2.75, 3.05) is 33.4 Å². The molecule has 2 heterocycles. The quantitative estimate of drug-likeness (QED) is 0.400. The molecule has 2 aromatic rings. The van der Waals surface area contributed by atoms with E-state index in [1.807, 2.05) is 44.2 Å². The number of aliphatic hydroxyl groups is 1. The molecule has 0 radical (unpaired) electrons. The number of rotatable bonds is 12. The molecule has 2 aromatic carbocycles. The SMILES string of the molecule is COc1ccc(S(=O)(=O)N(CC(C)C)C[C@@H](O)[C@H](Cc2ccccc2)NC(=O)[C@H]2CCO[C@]3(CCCO3)C2)cc1. The number of amides is 1. The highest BCUT2D eigenvalue weighted by Gasteiger charge is 2.44. The van der Waals surface area contributed by atoms with Crippen LogP contribution in [-0.2, 0) is 30.7 Å². The minimum atomic E-state index is -3.91. The van der Waals surface area contributed by atoms with E-state index in [0.717, 1.165) is 18.4 Å². The minimum Gasteiger partial charge on any atom is -0.497 e. The van der Waals surface area contributed by atoms with Gasteiger partial charge in [-0.05, 0) is 55.0 Å². The summed E-state index contributed by atoms with van der Waals surface area (Å²) in [5.74, 6) is -0.613. The second-order valence-electron chi connectivity index (χ2n) is 11.2. The molecule has 0 saturated carbocycles. The van der Waals surface area contributed by atoms with Gasteiger partial charge in [0.05, 0.1) is 37.4 Å². The maximum Gasteiger partial charge on any atom is 0.243 e. The van der Waals surface area contributed by atoms with Crippen molar-refractivity contribution >= 4 is 15.9 Å². The minimum absolute atomic E-state index is 0.0206. The largest absolute Gasteiger partial charge is 0.497 e. The van der Waals surface area contributed by atoms with Crippen LogP contribution in [0.1, 0.15) is 45.1 Å². The maximum atomic E-state index is 13.7. The zero-order valence-electron chi connectivity index (χ0n) is 23.6. The Morgan fingerprint density at radius 1 is 1.10 bits per heavy atom. The summed E-state index contributed by atoms with van der Waals surface area (Å²) < 4.78 is 45.6. The molecule has 0 aliphatic carbocycles. The molecule has 4 rings (SSSR count). The smallest absolute Gasteiger partial charge is 0.243 e. The first kappa shape index (κ1) is 30.5. The molecule has 2 aliphatic heterocycles. The van der Waals surface area contributed by atoms with Gasteiger partial charge in [-0.3, -0.25) is 4.79 Å². The summed E-state index contributed by atoms with van der Waals surface area (Å²) in [6.07, 6.45) is 1.91. The summed E-state index contributed by atoms with van der Waals surface area (Å²) in [5, 5.41) is 14.6. The van der Waals surface area contributed by atoms with Crippen LogP contribution in [0.3, 0.4) is 0 Å². The first-order chi connectivity index (χ1) is 19.1. The Morgan fingerprint density at radius 3 is 2.42 bits per heavy atom. The van der Waals surface area contributed by atoms with Crippen LogP contribution in [0.4, 0.5) is 0 Å². The van der Waals surface area contributed by atoms with Crippen molar-refractivity contribution in [3.8, 4) is 5.75 Å². The topological polar surface area (TPSA) is 114 Å². The number of ether oxygens (including phenoxy) is 3. The second-order valence-corrected chi connectivity index (χ2v) is 13.1. The van der Waals surface area contributed by atoms with Gasteiger partial charge in [0.1, 0.15) is 5.75 Å². The molecule has 2 fully saturated rings. The molecule has 2 N–H and O–H groups in total.